The highest BCUT2D eigenvalue weighted by atomic mass is 16.5. The number of fused-ring (bicyclic) bond motifs is 3. The first-order valence-corrected chi connectivity index (χ1v) is 7.88. The summed E-state index contributed by atoms with van der Waals surface area (Å²) >= 11 is 0. The summed E-state index contributed by atoms with van der Waals surface area (Å²) in [5.74, 6) is 0.707. The number of hydrogen-bond donors (Lipinski definition) is 0. The van der Waals surface area contributed by atoms with Gasteiger partial charge in [0, 0.05) is 16.3 Å². The number of benzene rings is 3. The van der Waals surface area contributed by atoms with Gasteiger partial charge in [-0.15, -0.1) is 0 Å². The molecule has 0 unspecified atom stereocenters. The Morgan fingerprint density at radius 3 is 2.33 bits per heavy atom. The van der Waals surface area contributed by atoms with E-state index in [9.17, 15) is 4.79 Å². The van der Waals surface area contributed by atoms with Gasteiger partial charge in [-0.3, -0.25) is 9.36 Å². The Morgan fingerprint density at radius 1 is 0.875 bits per heavy atom. The molecule has 0 saturated carbocycles. The lowest BCUT2D eigenvalue weighted by atomic mass is 10.1. The van der Waals surface area contributed by atoms with Crippen LogP contribution in [0, 0.1) is 6.92 Å². The zero-order valence-electron chi connectivity index (χ0n) is 13.6. The van der Waals surface area contributed by atoms with Crippen LogP contribution < -0.4 is 4.74 Å². The standard InChI is InChI=1S/C21H17NO2/c1-14-6-5-9-19-20(14)17-7-3-4-8-18(17)22(19)21(23)15-10-12-16(24-2)13-11-15/h3-13H,1-2H3. The Hall–Kier alpha value is -3.07. The topological polar surface area (TPSA) is 31.2 Å². The average molecular weight is 315 g/mol. The molecule has 0 N–H and O–H groups in total. The summed E-state index contributed by atoms with van der Waals surface area (Å²) < 4.78 is 6.98. The van der Waals surface area contributed by atoms with Crippen LogP contribution in [-0.4, -0.2) is 17.6 Å². The van der Waals surface area contributed by atoms with Crippen LogP contribution in [0.5, 0.6) is 5.75 Å². The Bertz CT molecular complexity index is 1060. The first-order chi connectivity index (χ1) is 11.7. The molecule has 24 heavy (non-hydrogen) atoms. The van der Waals surface area contributed by atoms with Crippen molar-refractivity contribution in [1.29, 1.82) is 0 Å². The van der Waals surface area contributed by atoms with E-state index in [2.05, 4.69) is 19.1 Å². The molecular formula is C21H17NO2. The maximum absolute atomic E-state index is 13.2. The summed E-state index contributed by atoms with van der Waals surface area (Å²) in [6.45, 7) is 2.08. The lowest BCUT2D eigenvalue weighted by Gasteiger charge is -2.07. The molecule has 118 valence electrons. The Balaban J connectivity index is 2.00. The van der Waals surface area contributed by atoms with Gasteiger partial charge in [0.1, 0.15) is 5.75 Å². The maximum Gasteiger partial charge on any atom is 0.262 e. The van der Waals surface area contributed by atoms with Gasteiger partial charge in [-0.1, -0.05) is 30.3 Å². The van der Waals surface area contributed by atoms with Gasteiger partial charge in [-0.2, -0.15) is 0 Å². The Kier molecular flexibility index (Phi) is 3.35. The van der Waals surface area contributed by atoms with Crippen LogP contribution in [0.1, 0.15) is 15.9 Å². The number of ether oxygens (including phenoxy) is 1. The van der Waals surface area contributed by atoms with Crippen LogP contribution in [0.4, 0.5) is 0 Å². The predicted molar refractivity (Wildman–Crippen MR) is 96.9 cm³/mol. The molecule has 0 aliphatic heterocycles. The van der Waals surface area contributed by atoms with Crippen molar-refractivity contribution < 1.29 is 9.53 Å². The van der Waals surface area contributed by atoms with Gasteiger partial charge >= 0.3 is 0 Å². The summed E-state index contributed by atoms with van der Waals surface area (Å²) in [5.41, 5.74) is 3.68. The smallest absolute Gasteiger partial charge is 0.262 e. The fraction of sp³-hybridized carbons (Fsp3) is 0.0952. The third kappa shape index (κ3) is 2.09. The second kappa shape index (κ2) is 5.53. The van der Waals surface area contributed by atoms with Crippen molar-refractivity contribution in [3.63, 3.8) is 0 Å². The largest absolute Gasteiger partial charge is 0.497 e. The van der Waals surface area contributed by atoms with E-state index in [1.54, 1.807) is 23.8 Å². The molecular weight excluding hydrogens is 298 g/mol. The highest BCUT2D eigenvalue weighted by Crippen LogP contribution is 2.32. The lowest BCUT2D eigenvalue weighted by Crippen LogP contribution is -2.11. The molecule has 1 aromatic heterocycles. The summed E-state index contributed by atoms with van der Waals surface area (Å²) in [4.78, 5) is 13.2. The van der Waals surface area contributed by atoms with Crippen molar-refractivity contribution in [1.82, 2.24) is 4.57 Å². The van der Waals surface area contributed by atoms with E-state index in [1.165, 1.54) is 5.56 Å². The number of nitrogens with zero attached hydrogens (tertiary/aromatic N) is 1. The Labute approximate surface area is 140 Å². The minimum atomic E-state index is -0.0329. The quantitative estimate of drug-likeness (QED) is 0.532. The number of hydrogen-bond acceptors (Lipinski definition) is 2. The Morgan fingerprint density at radius 2 is 1.58 bits per heavy atom. The summed E-state index contributed by atoms with van der Waals surface area (Å²) in [6, 6.07) is 21.4. The average Bonchev–Trinajstić information content (AvgIpc) is 2.97. The normalized spacial score (nSPS) is 11.1. The molecule has 4 rings (SSSR count). The van der Waals surface area contributed by atoms with E-state index in [0.29, 0.717) is 5.56 Å². The summed E-state index contributed by atoms with van der Waals surface area (Å²) in [7, 11) is 1.62. The minimum absolute atomic E-state index is 0.0329. The van der Waals surface area contributed by atoms with Crippen molar-refractivity contribution in [2.75, 3.05) is 7.11 Å². The van der Waals surface area contributed by atoms with Crippen LogP contribution in [0.3, 0.4) is 0 Å². The van der Waals surface area contributed by atoms with Gasteiger partial charge in [0.15, 0.2) is 0 Å². The third-order valence-electron chi connectivity index (χ3n) is 4.45. The van der Waals surface area contributed by atoms with Gasteiger partial charge < -0.3 is 4.74 Å². The first-order valence-electron chi connectivity index (χ1n) is 7.88. The van der Waals surface area contributed by atoms with Crippen LogP contribution in [0.15, 0.2) is 66.7 Å². The highest BCUT2D eigenvalue weighted by Gasteiger charge is 2.18. The third-order valence-corrected chi connectivity index (χ3v) is 4.45. The van der Waals surface area contributed by atoms with E-state index in [1.807, 2.05) is 42.5 Å². The fourth-order valence-electron chi connectivity index (χ4n) is 3.28. The lowest BCUT2D eigenvalue weighted by molar-refractivity contribution is 0.0969. The summed E-state index contributed by atoms with van der Waals surface area (Å²) in [5, 5.41) is 2.24. The number of aryl methyl sites for hydroxylation is 1. The van der Waals surface area contributed by atoms with Crippen LogP contribution in [-0.2, 0) is 0 Å². The number of aromatic nitrogens is 1. The van der Waals surface area contributed by atoms with E-state index in [-0.39, 0.29) is 5.91 Å². The molecule has 0 bridgehead atoms. The van der Waals surface area contributed by atoms with Crippen molar-refractivity contribution >= 4 is 27.7 Å². The molecule has 3 nitrogen and oxygen atoms in total. The molecule has 0 spiro atoms. The van der Waals surface area contributed by atoms with Gasteiger partial charge in [0.25, 0.3) is 5.91 Å². The molecule has 0 saturated heterocycles. The van der Waals surface area contributed by atoms with Crippen molar-refractivity contribution in [3.05, 3.63) is 77.9 Å². The second-order valence-corrected chi connectivity index (χ2v) is 5.86. The zero-order chi connectivity index (χ0) is 16.7. The van der Waals surface area contributed by atoms with Crippen molar-refractivity contribution in [3.8, 4) is 5.75 Å². The number of methoxy groups -OCH3 is 1. The van der Waals surface area contributed by atoms with Crippen LogP contribution in [0.2, 0.25) is 0 Å². The minimum Gasteiger partial charge on any atom is -0.497 e. The second-order valence-electron chi connectivity index (χ2n) is 5.86. The SMILES string of the molecule is COc1ccc(C(=O)n2c3ccccc3c3c(C)cccc32)cc1. The monoisotopic (exact) mass is 315 g/mol. The fourth-order valence-corrected chi connectivity index (χ4v) is 3.28. The number of carbonyl (C=O) groups is 1. The van der Waals surface area contributed by atoms with Crippen LogP contribution in [0.25, 0.3) is 21.8 Å². The zero-order valence-corrected chi connectivity index (χ0v) is 13.6. The first kappa shape index (κ1) is 14.5. The van der Waals surface area contributed by atoms with E-state index < -0.39 is 0 Å². The van der Waals surface area contributed by atoms with E-state index >= 15 is 0 Å². The highest BCUT2D eigenvalue weighted by molar-refractivity contribution is 6.17. The summed E-state index contributed by atoms with van der Waals surface area (Å²) in [6.07, 6.45) is 0. The molecule has 0 radical (unpaired) electrons. The van der Waals surface area contributed by atoms with Gasteiger partial charge in [-0.25, -0.2) is 0 Å². The van der Waals surface area contributed by atoms with Crippen LogP contribution >= 0.6 is 0 Å². The molecule has 3 heteroatoms. The van der Waals surface area contributed by atoms with Crippen molar-refractivity contribution in [2.45, 2.75) is 6.92 Å². The maximum atomic E-state index is 13.2. The van der Waals surface area contributed by atoms with Gasteiger partial charge in [-0.05, 0) is 48.9 Å². The van der Waals surface area contributed by atoms with E-state index in [0.717, 1.165) is 27.6 Å². The molecule has 0 amide bonds. The molecule has 1 heterocycles. The number of carbonyl (C=O) groups excluding carboxylic acids is 1. The molecule has 0 fully saturated rings. The predicted octanol–water partition coefficient (Wildman–Crippen LogP) is 4.80. The van der Waals surface area contributed by atoms with E-state index in [4.69, 9.17) is 4.74 Å². The number of rotatable bonds is 2. The van der Waals surface area contributed by atoms with Crippen molar-refractivity contribution in [2.24, 2.45) is 0 Å². The molecule has 0 atom stereocenters. The van der Waals surface area contributed by atoms with Gasteiger partial charge in [0.2, 0.25) is 0 Å². The molecule has 3 aromatic carbocycles. The number of para-hydroxylation sites is 1. The molecule has 0 aliphatic carbocycles. The molecule has 4 aromatic rings. The van der Waals surface area contributed by atoms with Gasteiger partial charge in [0.05, 0.1) is 18.1 Å². The molecule has 0 aliphatic rings.